The van der Waals surface area contributed by atoms with Gasteiger partial charge in [-0.2, -0.15) is 5.10 Å². The highest BCUT2D eigenvalue weighted by molar-refractivity contribution is 5.75. The van der Waals surface area contributed by atoms with Crippen molar-refractivity contribution >= 4 is 5.91 Å². The SMILES string of the molecule is O=C(CCn1ccccc1=O)NCCCn1cccn1. The minimum Gasteiger partial charge on any atom is -0.356 e. The Morgan fingerprint density at radius 2 is 2.10 bits per heavy atom. The maximum absolute atomic E-state index is 11.6. The summed E-state index contributed by atoms with van der Waals surface area (Å²) in [5.41, 5.74) is -0.0843. The lowest BCUT2D eigenvalue weighted by atomic mass is 10.3. The first-order chi connectivity index (χ1) is 9.75. The molecule has 20 heavy (non-hydrogen) atoms. The number of nitrogens with zero attached hydrogens (tertiary/aromatic N) is 3. The molecule has 1 N–H and O–H groups in total. The predicted molar refractivity (Wildman–Crippen MR) is 75.2 cm³/mol. The number of amides is 1. The van der Waals surface area contributed by atoms with Gasteiger partial charge in [0.05, 0.1) is 0 Å². The zero-order valence-corrected chi connectivity index (χ0v) is 11.2. The van der Waals surface area contributed by atoms with Crippen LogP contribution in [0.25, 0.3) is 0 Å². The Hall–Kier alpha value is -2.37. The molecule has 0 radical (unpaired) electrons. The highest BCUT2D eigenvalue weighted by Gasteiger charge is 2.02. The fourth-order valence-corrected chi connectivity index (χ4v) is 1.86. The fourth-order valence-electron chi connectivity index (χ4n) is 1.86. The molecule has 0 aliphatic rings. The lowest BCUT2D eigenvalue weighted by Crippen LogP contribution is -2.28. The van der Waals surface area contributed by atoms with Gasteiger partial charge in [-0.3, -0.25) is 14.3 Å². The molecule has 0 bridgehead atoms. The minimum atomic E-state index is -0.0843. The molecule has 0 spiro atoms. The van der Waals surface area contributed by atoms with E-state index in [0.717, 1.165) is 13.0 Å². The summed E-state index contributed by atoms with van der Waals surface area (Å²) in [6, 6.07) is 6.83. The van der Waals surface area contributed by atoms with Crippen LogP contribution in [-0.2, 0) is 17.9 Å². The molecule has 0 saturated heterocycles. The molecule has 0 aromatic carbocycles. The van der Waals surface area contributed by atoms with Gasteiger partial charge in [-0.15, -0.1) is 0 Å². The van der Waals surface area contributed by atoms with E-state index < -0.39 is 0 Å². The summed E-state index contributed by atoms with van der Waals surface area (Å²) in [5, 5.41) is 6.92. The molecule has 2 aromatic heterocycles. The molecule has 0 fully saturated rings. The minimum absolute atomic E-state index is 0.0405. The van der Waals surface area contributed by atoms with E-state index in [2.05, 4.69) is 10.4 Å². The van der Waals surface area contributed by atoms with Crippen molar-refractivity contribution in [3.8, 4) is 0 Å². The molecule has 1 amide bonds. The van der Waals surface area contributed by atoms with Crippen LogP contribution in [0.2, 0.25) is 0 Å². The number of aryl methyl sites for hydroxylation is 2. The van der Waals surface area contributed by atoms with E-state index >= 15 is 0 Å². The molecule has 6 heteroatoms. The smallest absolute Gasteiger partial charge is 0.250 e. The first kappa shape index (κ1) is 14.0. The van der Waals surface area contributed by atoms with Gasteiger partial charge in [-0.1, -0.05) is 6.07 Å². The Bertz CT molecular complexity index is 589. The third-order valence-electron chi connectivity index (χ3n) is 2.92. The Morgan fingerprint density at radius 1 is 1.20 bits per heavy atom. The molecule has 0 atom stereocenters. The van der Waals surface area contributed by atoms with Crippen molar-refractivity contribution < 1.29 is 4.79 Å². The molecule has 0 unspecified atom stereocenters. The maximum atomic E-state index is 11.6. The van der Waals surface area contributed by atoms with Crippen molar-refractivity contribution in [3.63, 3.8) is 0 Å². The first-order valence-corrected chi connectivity index (χ1v) is 6.65. The molecule has 6 nitrogen and oxygen atoms in total. The summed E-state index contributed by atoms with van der Waals surface area (Å²) in [6.45, 7) is 1.80. The van der Waals surface area contributed by atoms with Gasteiger partial charge in [0.25, 0.3) is 5.56 Å². The average Bonchev–Trinajstić information content (AvgIpc) is 2.96. The van der Waals surface area contributed by atoms with E-state index in [-0.39, 0.29) is 11.5 Å². The van der Waals surface area contributed by atoms with Crippen LogP contribution in [0.3, 0.4) is 0 Å². The number of aromatic nitrogens is 3. The van der Waals surface area contributed by atoms with E-state index in [0.29, 0.717) is 19.5 Å². The zero-order valence-electron chi connectivity index (χ0n) is 11.2. The Morgan fingerprint density at radius 3 is 2.85 bits per heavy atom. The lowest BCUT2D eigenvalue weighted by molar-refractivity contribution is -0.121. The number of hydrogen-bond donors (Lipinski definition) is 1. The summed E-state index contributed by atoms with van der Waals surface area (Å²) < 4.78 is 3.36. The van der Waals surface area contributed by atoms with Crippen LogP contribution in [0.5, 0.6) is 0 Å². The number of carbonyl (C=O) groups excluding carboxylic acids is 1. The van der Waals surface area contributed by atoms with Crippen LogP contribution in [0.1, 0.15) is 12.8 Å². The summed E-state index contributed by atoms with van der Waals surface area (Å²) in [6.07, 6.45) is 6.46. The van der Waals surface area contributed by atoms with Crippen molar-refractivity contribution in [1.82, 2.24) is 19.7 Å². The molecular formula is C14H18N4O2. The highest BCUT2D eigenvalue weighted by atomic mass is 16.1. The van der Waals surface area contributed by atoms with Gasteiger partial charge in [0.2, 0.25) is 5.91 Å². The van der Waals surface area contributed by atoms with Gasteiger partial charge in [0.1, 0.15) is 0 Å². The second-order valence-electron chi connectivity index (χ2n) is 4.45. The van der Waals surface area contributed by atoms with Crippen molar-refractivity contribution in [2.24, 2.45) is 0 Å². The number of nitrogens with one attached hydrogen (secondary N) is 1. The molecular weight excluding hydrogens is 256 g/mol. The standard InChI is InChI=1S/C14H18N4O2/c19-13(6-12-17-9-2-1-5-14(17)20)15-7-3-10-18-11-4-8-16-18/h1-2,4-5,8-9,11H,3,6-7,10,12H2,(H,15,19). The normalized spacial score (nSPS) is 10.4. The Labute approximate surface area is 117 Å². The predicted octanol–water partition coefficient (Wildman–Crippen LogP) is 0.641. The van der Waals surface area contributed by atoms with Gasteiger partial charge in [0, 0.05) is 50.7 Å². The van der Waals surface area contributed by atoms with Gasteiger partial charge < -0.3 is 9.88 Å². The summed E-state index contributed by atoms with van der Waals surface area (Å²) in [5.74, 6) is -0.0405. The van der Waals surface area contributed by atoms with E-state index in [1.807, 2.05) is 16.9 Å². The number of hydrogen-bond acceptors (Lipinski definition) is 3. The molecule has 0 aliphatic carbocycles. The van der Waals surface area contributed by atoms with Crippen LogP contribution in [0, 0.1) is 0 Å². The third kappa shape index (κ3) is 4.38. The maximum Gasteiger partial charge on any atom is 0.250 e. The molecule has 0 saturated carbocycles. The largest absolute Gasteiger partial charge is 0.356 e. The number of pyridine rings is 1. The summed E-state index contributed by atoms with van der Waals surface area (Å²) >= 11 is 0. The van der Waals surface area contributed by atoms with Gasteiger partial charge in [-0.25, -0.2) is 0 Å². The van der Waals surface area contributed by atoms with Gasteiger partial charge >= 0.3 is 0 Å². The van der Waals surface area contributed by atoms with Crippen LogP contribution in [0.4, 0.5) is 0 Å². The van der Waals surface area contributed by atoms with Crippen molar-refractivity contribution in [1.29, 1.82) is 0 Å². The van der Waals surface area contributed by atoms with Crippen LogP contribution in [0.15, 0.2) is 47.7 Å². The van der Waals surface area contributed by atoms with E-state index in [4.69, 9.17) is 0 Å². The second-order valence-corrected chi connectivity index (χ2v) is 4.45. The molecule has 106 valence electrons. The van der Waals surface area contributed by atoms with E-state index in [9.17, 15) is 9.59 Å². The number of carbonyl (C=O) groups is 1. The van der Waals surface area contributed by atoms with Crippen LogP contribution < -0.4 is 10.9 Å². The van der Waals surface area contributed by atoms with Crippen molar-refractivity contribution in [2.45, 2.75) is 25.9 Å². The molecule has 0 aliphatic heterocycles. The third-order valence-corrected chi connectivity index (χ3v) is 2.92. The highest BCUT2D eigenvalue weighted by Crippen LogP contribution is 1.90. The lowest BCUT2D eigenvalue weighted by Gasteiger charge is -2.07. The number of rotatable bonds is 7. The van der Waals surface area contributed by atoms with E-state index in [1.165, 1.54) is 10.6 Å². The topological polar surface area (TPSA) is 68.9 Å². The van der Waals surface area contributed by atoms with Gasteiger partial charge in [-0.05, 0) is 18.6 Å². The molecule has 2 aromatic rings. The first-order valence-electron chi connectivity index (χ1n) is 6.65. The van der Waals surface area contributed by atoms with E-state index in [1.54, 1.807) is 24.5 Å². The zero-order chi connectivity index (χ0) is 14.2. The molecule has 2 heterocycles. The summed E-state index contributed by atoms with van der Waals surface area (Å²) in [4.78, 5) is 23.1. The second kappa shape index (κ2) is 7.28. The van der Waals surface area contributed by atoms with Crippen molar-refractivity contribution in [3.05, 3.63) is 53.2 Å². The molecule has 2 rings (SSSR count). The monoisotopic (exact) mass is 274 g/mol. The quantitative estimate of drug-likeness (QED) is 0.753. The summed E-state index contributed by atoms with van der Waals surface area (Å²) in [7, 11) is 0. The Balaban J connectivity index is 1.63. The van der Waals surface area contributed by atoms with Crippen LogP contribution >= 0.6 is 0 Å². The van der Waals surface area contributed by atoms with Crippen molar-refractivity contribution in [2.75, 3.05) is 6.54 Å². The Kier molecular flexibility index (Phi) is 5.11. The van der Waals surface area contributed by atoms with Gasteiger partial charge in [0.15, 0.2) is 0 Å². The fraction of sp³-hybridized carbons (Fsp3) is 0.357. The average molecular weight is 274 g/mol. The van der Waals surface area contributed by atoms with Crippen LogP contribution in [-0.4, -0.2) is 26.8 Å².